The molecule has 62 valence electrons. The third-order valence-corrected chi connectivity index (χ3v) is 2.43. The molecule has 2 heterocycles. The monoisotopic (exact) mass is 175 g/mol. The Morgan fingerprint density at radius 2 is 2.55 bits per heavy atom. The number of nitrogens with zero attached hydrogens (tertiary/aromatic N) is 1. The van der Waals surface area contributed by atoms with Crippen molar-refractivity contribution < 1.29 is 14.3 Å². The van der Waals surface area contributed by atoms with Crippen molar-refractivity contribution in [3.8, 4) is 0 Å². The van der Waals surface area contributed by atoms with Crippen molar-refractivity contribution in [1.82, 2.24) is 4.31 Å². The van der Waals surface area contributed by atoms with Gasteiger partial charge in [-0.2, -0.15) is 0 Å². The van der Waals surface area contributed by atoms with Gasteiger partial charge in [0.2, 0.25) is 0 Å². The summed E-state index contributed by atoms with van der Waals surface area (Å²) in [6.07, 6.45) is 0.355. The summed E-state index contributed by atoms with van der Waals surface area (Å²) in [5.41, 5.74) is 0. The number of cyclic esters (lactones) is 1. The van der Waals surface area contributed by atoms with E-state index in [0.717, 1.165) is 31.6 Å². The molecule has 0 aliphatic carbocycles. The van der Waals surface area contributed by atoms with Gasteiger partial charge in [-0.1, -0.05) is 0 Å². The SMILES string of the molecule is O=C1OCCN(CC2CO2)S1. The van der Waals surface area contributed by atoms with Gasteiger partial charge >= 0.3 is 5.30 Å². The fourth-order valence-electron chi connectivity index (χ4n) is 0.937. The highest BCUT2D eigenvalue weighted by Gasteiger charge is 2.29. The zero-order valence-corrected chi connectivity index (χ0v) is 6.80. The van der Waals surface area contributed by atoms with Crippen LogP contribution in [-0.2, 0) is 9.47 Å². The van der Waals surface area contributed by atoms with Gasteiger partial charge in [-0.05, 0) is 0 Å². The minimum atomic E-state index is -0.197. The molecule has 0 radical (unpaired) electrons. The first-order valence-electron chi connectivity index (χ1n) is 3.56. The van der Waals surface area contributed by atoms with Crippen LogP contribution < -0.4 is 0 Å². The van der Waals surface area contributed by atoms with Gasteiger partial charge in [0.05, 0.1) is 12.7 Å². The highest BCUT2D eigenvalue weighted by atomic mass is 32.2. The number of epoxide rings is 1. The number of ether oxygens (including phenoxy) is 2. The normalized spacial score (nSPS) is 31.6. The lowest BCUT2D eigenvalue weighted by atomic mass is 10.5. The van der Waals surface area contributed by atoms with Crippen molar-refractivity contribution in [3.63, 3.8) is 0 Å². The van der Waals surface area contributed by atoms with E-state index in [4.69, 9.17) is 9.47 Å². The molecule has 11 heavy (non-hydrogen) atoms. The lowest BCUT2D eigenvalue weighted by Crippen LogP contribution is -2.31. The van der Waals surface area contributed by atoms with Crippen LogP contribution in [0.5, 0.6) is 0 Å². The number of hydrogen-bond donors (Lipinski definition) is 0. The molecular formula is C6H9NO3S. The van der Waals surface area contributed by atoms with Crippen LogP contribution in [-0.4, -0.2) is 42.0 Å². The van der Waals surface area contributed by atoms with Crippen molar-refractivity contribution in [1.29, 1.82) is 0 Å². The predicted molar refractivity (Wildman–Crippen MR) is 40.3 cm³/mol. The Bertz CT molecular complexity index is 171. The van der Waals surface area contributed by atoms with Crippen LogP contribution in [0.3, 0.4) is 0 Å². The number of carbonyl (C=O) groups excluding carboxylic acids is 1. The third kappa shape index (κ3) is 2.08. The molecule has 0 aromatic carbocycles. The summed E-state index contributed by atoms with van der Waals surface area (Å²) in [6.45, 7) is 3.01. The molecule has 0 saturated carbocycles. The largest absolute Gasteiger partial charge is 0.455 e. The Hall–Kier alpha value is -0.260. The Morgan fingerprint density at radius 3 is 3.18 bits per heavy atom. The molecule has 2 saturated heterocycles. The second-order valence-electron chi connectivity index (χ2n) is 2.53. The van der Waals surface area contributed by atoms with Gasteiger partial charge in [-0.3, -0.25) is 0 Å². The second-order valence-corrected chi connectivity index (χ2v) is 3.57. The fourth-order valence-corrected chi connectivity index (χ4v) is 1.69. The van der Waals surface area contributed by atoms with Crippen molar-refractivity contribution in [2.75, 3.05) is 26.3 Å². The molecule has 2 rings (SSSR count). The molecule has 2 fully saturated rings. The van der Waals surface area contributed by atoms with Crippen LogP contribution in [0.15, 0.2) is 0 Å². The Morgan fingerprint density at radius 1 is 1.73 bits per heavy atom. The van der Waals surface area contributed by atoms with Crippen LogP contribution in [0.1, 0.15) is 0 Å². The van der Waals surface area contributed by atoms with E-state index in [9.17, 15) is 4.79 Å². The smallest absolute Gasteiger partial charge is 0.382 e. The summed E-state index contributed by atoms with van der Waals surface area (Å²) >= 11 is 1.15. The minimum Gasteiger partial charge on any atom is -0.455 e. The van der Waals surface area contributed by atoms with Gasteiger partial charge in [-0.25, -0.2) is 9.10 Å². The van der Waals surface area contributed by atoms with E-state index in [2.05, 4.69) is 0 Å². The van der Waals surface area contributed by atoms with Gasteiger partial charge in [0.15, 0.2) is 0 Å². The molecule has 4 nitrogen and oxygen atoms in total. The van der Waals surface area contributed by atoms with Crippen LogP contribution >= 0.6 is 11.9 Å². The van der Waals surface area contributed by atoms with Crippen LogP contribution in [0.2, 0.25) is 0 Å². The summed E-state index contributed by atoms with van der Waals surface area (Å²) in [4.78, 5) is 10.7. The second kappa shape index (κ2) is 3.00. The molecule has 0 aromatic heterocycles. The molecule has 5 heteroatoms. The molecule has 0 N–H and O–H groups in total. The summed E-state index contributed by atoms with van der Waals surface area (Å²) < 4.78 is 11.8. The molecule has 2 aliphatic rings. The summed E-state index contributed by atoms with van der Waals surface area (Å²) in [5, 5.41) is -0.197. The van der Waals surface area contributed by atoms with Gasteiger partial charge in [0, 0.05) is 25.0 Å². The van der Waals surface area contributed by atoms with E-state index in [-0.39, 0.29) is 5.30 Å². The molecule has 2 aliphatic heterocycles. The van der Waals surface area contributed by atoms with Crippen molar-refractivity contribution in [2.24, 2.45) is 0 Å². The molecular weight excluding hydrogens is 166 g/mol. The highest BCUT2D eigenvalue weighted by Crippen LogP contribution is 2.21. The van der Waals surface area contributed by atoms with Crippen molar-refractivity contribution in [2.45, 2.75) is 6.10 Å². The Labute approximate surface area is 69.0 Å². The topological polar surface area (TPSA) is 42.1 Å². The van der Waals surface area contributed by atoms with E-state index in [1.807, 2.05) is 4.31 Å². The number of hydrogen-bond acceptors (Lipinski definition) is 5. The molecule has 1 atom stereocenters. The zero-order valence-electron chi connectivity index (χ0n) is 5.99. The van der Waals surface area contributed by atoms with Gasteiger partial charge in [-0.15, -0.1) is 0 Å². The lowest BCUT2D eigenvalue weighted by molar-refractivity contribution is 0.156. The first kappa shape index (κ1) is 7.39. The third-order valence-electron chi connectivity index (χ3n) is 1.57. The van der Waals surface area contributed by atoms with Crippen LogP contribution in [0, 0.1) is 0 Å². The molecule has 0 amide bonds. The lowest BCUT2D eigenvalue weighted by Gasteiger charge is -2.22. The maximum atomic E-state index is 10.7. The first-order valence-corrected chi connectivity index (χ1v) is 4.33. The maximum absolute atomic E-state index is 10.7. The van der Waals surface area contributed by atoms with Gasteiger partial charge in [0.1, 0.15) is 6.61 Å². The summed E-state index contributed by atoms with van der Waals surface area (Å²) in [7, 11) is 0. The van der Waals surface area contributed by atoms with Crippen molar-refractivity contribution >= 4 is 17.2 Å². The Kier molecular flexibility index (Phi) is 2.02. The number of carbonyl (C=O) groups is 1. The Balaban J connectivity index is 1.77. The quantitative estimate of drug-likeness (QED) is 0.347. The minimum absolute atomic E-state index is 0.197. The van der Waals surface area contributed by atoms with Crippen LogP contribution in [0.4, 0.5) is 4.79 Å². The van der Waals surface area contributed by atoms with Gasteiger partial charge < -0.3 is 9.47 Å². The number of rotatable bonds is 2. The van der Waals surface area contributed by atoms with E-state index in [1.165, 1.54) is 0 Å². The maximum Gasteiger partial charge on any atom is 0.382 e. The van der Waals surface area contributed by atoms with E-state index < -0.39 is 0 Å². The van der Waals surface area contributed by atoms with E-state index >= 15 is 0 Å². The summed E-state index contributed by atoms with van der Waals surface area (Å²) in [6, 6.07) is 0. The first-order chi connectivity index (χ1) is 5.34. The van der Waals surface area contributed by atoms with Crippen LogP contribution in [0.25, 0.3) is 0 Å². The van der Waals surface area contributed by atoms with Gasteiger partial charge in [0.25, 0.3) is 0 Å². The molecule has 0 bridgehead atoms. The average Bonchev–Trinajstić information content (AvgIpc) is 2.71. The average molecular weight is 175 g/mol. The molecule has 0 spiro atoms. The van der Waals surface area contributed by atoms with E-state index in [1.54, 1.807) is 0 Å². The molecule has 1 unspecified atom stereocenters. The standard InChI is InChI=1S/C6H9NO3S/c8-6-9-2-1-7(11-6)3-5-4-10-5/h5H,1-4H2. The fraction of sp³-hybridized carbons (Fsp3) is 0.833. The predicted octanol–water partition coefficient (Wildman–Crippen LogP) is 0.486. The summed E-state index contributed by atoms with van der Waals surface area (Å²) in [5.74, 6) is 0. The highest BCUT2D eigenvalue weighted by molar-refractivity contribution is 8.11. The molecule has 0 aromatic rings. The van der Waals surface area contributed by atoms with Crippen molar-refractivity contribution in [3.05, 3.63) is 0 Å². The zero-order chi connectivity index (χ0) is 7.68. The van der Waals surface area contributed by atoms with E-state index in [0.29, 0.717) is 12.7 Å².